The number of benzene rings is 3. The van der Waals surface area contributed by atoms with E-state index in [0.717, 1.165) is 17.4 Å². The van der Waals surface area contributed by atoms with Crippen LogP contribution in [0.15, 0.2) is 77.7 Å². The second kappa shape index (κ2) is 8.27. The van der Waals surface area contributed by atoms with Crippen molar-refractivity contribution in [3.05, 3.63) is 89.5 Å². The molecule has 1 N–H and O–H groups in total. The minimum Gasteiger partial charge on any atom is -0.488 e. The number of para-hydroxylation sites is 1. The van der Waals surface area contributed by atoms with Crippen molar-refractivity contribution in [2.45, 2.75) is 18.4 Å². The molecule has 0 bridgehead atoms. The molecule has 0 aromatic heterocycles. The Morgan fingerprint density at radius 2 is 1.71 bits per heavy atom. The summed E-state index contributed by atoms with van der Waals surface area (Å²) >= 11 is 0. The van der Waals surface area contributed by atoms with E-state index in [1.807, 2.05) is 31.2 Å². The fourth-order valence-electron chi connectivity index (χ4n) is 2.75. The van der Waals surface area contributed by atoms with Crippen molar-refractivity contribution in [1.82, 2.24) is 0 Å². The summed E-state index contributed by atoms with van der Waals surface area (Å²) in [5, 5.41) is 2.74. The van der Waals surface area contributed by atoms with Gasteiger partial charge in [0, 0.05) is 11.9 Å². The third-order valence-electron chi connectivity index (χ3n) is 4.13. The summed E-state index contributed by atoms with van der Waals surface area (Å²) < 4.78 is 29.3. The van der Waals surface area contributed by atoms with Gasteiger partial charge < -0.3 is 10.1 Å². The number of amides is 1. The number of carbonyl (C=O) groups excluding carboxylic acids is 1. The average molecular weight is 395 g/mol. The summed E-state index contributed by atoms with van der Waals surface area (Å²) in [4.78, 5) is 12.9. The molecule has 0 aliphatic carbocycles. The number of nitrogens with one attached hydrogen (secondary N) is 1. The van der Waals surface area contributed by atoms with E-state index in [-0.39, 0.29) is 10.8 Å². The minimum absolute atomic E-state index is 0.147. The molecule has 6 heteroatoms. The molecule has 28 heavy (non-hydrogen) atoms. The molecule has 0 aliphatic heterocycles. The fraction of sp³-hybridized carbons (Fsp3) is 0.136. The topological polar surface area (TPSA) is 72.5 Å². The molecule has 0 fully saturated rings. The normalized spacial score (nSPS) is 11.1. The Hall–Kier alpha value is -3.12. The molecule has 0 radical (unpaired) electrons. The maximum absolute atomic E-state index is 12.7. The standard InChI is InChI=1S/C22H21NO4S/c1-16-7-5-8-17(13-16)15-27-21-12-4-3-11-20(21)22(24)23-18-9-6-10-19(14-18)28(2,25)26/h3-14H,15H2,1-2H3,(H,23,24). The van der Waals surface area contributed by atoms with E-state index >= 15 is 0 Å². The summed E-state index contributed by atoms with van der Waals surface area (Å²) in [5.74, 6) is 0.0891. The zero-order valence-corrected chi connectivity index (χ0v) is 16.5. The lowest BCUT2D eigenvalue weighted by Gasteiger charge is -2.12. The number of aryl methyl sites for hydroxylation is 1. The van der Waals surface area contributed by atoms with Crippen molar-refractivity contribution in [3.63, 3.8) is 0 Å². The van der Waals surface area contributed by atoms with Crippen LogP contribution in [-0.2, 0) is 16.4 Å². The van der Waals surface area contributed by atoms with Gasteiger partial charge in [-0.05, 0) is 42.8 Å². The van der Waals surface area contributed by atoms with Gasteiger partial charge >= 0.3 is 0 Å². The first-order chi connectivity index (χ1) is 13.3. The van der Waals surface area contributed by atoms with Gasteiger partial charge in [0.15, 0.2) is 9.84 Å². The van der Waals surface area contributed by atoms with Crippen LogP contribution in [0, 0.1) is 6.92 Å². The molecule has 0 spiro atoms. The van der Waals surface area contributed by atoms with Gasteiger partial charge in [-0.1, -0.05) is 48.0 Å². The van der Waals surface area contributed by atoms with Crippen molar-refractivity contribution < 1.29 is 17.9 Å². The molecule has 0 unspecified atom stereocenters. The zero-order valence-electron chi connectivity index (χ0n) is 15.7. The highest BCUT2D eigenvalue weighted by atomic mass is 32.2. The average Bonchev–Trinajstić information content (AvgIpc) is 2.66. The van der Waals surface area contributed by atoms with Crippen LogP contribution >= 0.6 is 0 Å². The molecule has 0 atom stereocenters. The molecule has 0 aliphatic rings. The van der Waals surface area contributed by atoms with E-state index in [1.165, 1.54) is 12.1 Å². The second-order valence-corrected chi connectivity index (χ2v) is 8.54. The van der Waals surface area contributed by atoms with Gasteiger partial charge in [0.1, 0.15) is 12.4 Å². The highest BCUT2D eigenvalue weighted by molar-refractivity contribution is 7.90. The summed E-state index contributed by atoms with van der Waals surface area (Å²) in [6.45, 7) is 2.35. The highest BCUT2D eigenvalue weighted by Gasteiger charge is 2.14. The Kier molecular flexibility index (Phi) is 5.80. The van der Waals surface area contributed by atoms with E-state index < -0.39 is 9.84 Å². The maximum Gasteiger partial charge on any atom is 0.259 e. The number of hydrogen-bond acceptors (Lipinski definition) is 4. The van der Waals surface area contributed by atoms with E-state index in [4.69, 9.17) is 4.74 Å². The smallest absolute Gasteiger partial charge is 0.259 e. The van der Waals surface area contributed by atoms with Crippen molar-refractivity contribution in [2.24, 2.45) is 0 Å². The number of carbonyl (C=O) groups is 1. The SMILES string of the molecule is Cc1cccc(COc2ccccc2C(=O)Nc2cccc(S(C)(=O)=O)c2)c1. The van der Waals surface area contributed by atoms with Gasteiger partial charge in [-0.25, -0.2) is 8.42 Å². The first-order valence-corrected chi connectivity index (χ1v) is 10.6. The predicted molar refractivity (Wildman–Crippen MR) is 109 cm³/mol. The maximum atomic E-state index is 12.7. The van der Waals surface area contributed by atoms with Gasteiger partial charge in [-0.15, -0.1) is 0 Å². The van der Waals surface area contributed by atoms with Crippen molar-refractivity contribution in [1.29, 1.82) is 0 Å². The third kappa shape index (κ3) is 4.98. The molecule has 3 aromatic carbocycles. The van der Waals surface area contributed by atoms with Gasteiger partial charge in [0.05, 0.1) is 10.5 Å². The van der Waals surface area contributed by atoms with Crippen LogP contribution in [0.3, 0.4) is 0 Å². The quantitative estimate of drug-likeness (QED) is 0.678. The first kappa shape index (κ1) is 19.6. The molecule has 0 heterocycles. The van der Waals surface area contributed by atoms with Crippen LogP contribution in [0.2, 0.25) is 0 Å². The van der Waals surface area contributed by atoms with Gasteiger partial charge in [-0.3, -0.25) is 4.79 Å². The molecular formula is C22H21NO4S. The number of sulfone groups is 1. The van der Waals surface area contributed by atoms with Crippen LogP contribution < -0.4 is 10.1 Å². The molecule has 144 valence electrons. The van der Waals surface area contributed by atoms with Crippen molar-refractivity contribution >= 4 is 21.4 Å². The monoisotopic (exact) mass is 395 g/mol. The summed E-state index contributed by atoms with van der Waals surface area (Å²) in [7, 11) is -3.35. The third-order valence-corrected chi connectivity index (χ3v) is 5.24. The summed E-state index contributed by atoms with van der Waals surface area (Å²) in [6, 6.07) is 21.1. The second-order valence-electron chi connectivity index (χ2n) is 6.53. The van der Waals surface area contributed by atoms with Crippen molar-refractivity contribution in [3.8, 4) is 5.75 Å². The number of ether oxygens (including phenoxy) is 1. The Morgan fingerprint density at radius 1 is 0.964 bits per heavy atom. The zero-order chi connectivity index (χ0) is 20.1. The number of anilines is 1. The van der Waals surface area contributed by atoms with Crippen LogP contribution in [-0.4, -0.2) is 20.6 Å². The van der Waals surface area contributed by atoms with Crippen LogP contribution in [0.4, 0.5) is 5.69 Å². The Bertz CT molecular complexity index is 1110. The number of rotatable bonds is 6. The largest absolute Gasteiger partial charge is 0.488 e. The molecule has 3 aromatic rings. The van der Waals surface area contributed by atoms with E-state index in [2.05, 4.69) is 5.32 Å². The molecule has 0 saturated heterocycles. The van der Waals surface area contributed by atoms with Crippen LogP contribution in [0.5, 0.6) is 5.75 Å². The van der Waals surface area contributed by atoms with Gasteiger partial charge in [0.25, 0.3) is 5.91 Å². The lowest BCUT2D eigenvalue weighted by atomic mass is 10.1. The lowest BCUT2D eigenvalue weighted by molar-refractivity contribution is 0.102. The minimum atomic E-state index is -3.35. The van der Waals surface area contributed by atoms with Gasteiger partial charge in [0.2, 0.25) is 0 Å². The summed E-state index contributed by atoms with van der Waals surface area (Å²) in [5.41, 5.74) is 2.93. The Balaban J connectivity index is 1.77. The molecular weight excluding hydrogens is 374 g/mol. The van der Waals surface area contributed by atoms with Crippen molar-refractivity contribution in [2.75, 3.05) is 11.6 Å². The number of hydrogen-bond donors (Lipinski definition) is 1. The first-order valence-electron chi connectivity index (χ1n) is 8.72. The van der Waals surface area contributed by atoms with Gasteiger partial charge in [-0.2, -0.15) is 0 Å². The van der Waals surface area contributed by atoms with E-state index in [0.29, 0.717) is 23.6 Å². The predicted octanol–water partition coefficient (Wildman–Crippen LogP) is 4.23. The van der Waals surface area contributed by atoms with Crippen LogP contribution in [0.25, 0.3) is 0 Å². The van der Waals surface area contributed by atoms with E-state index in [1.54, 1.807) is 36.4 Å². The fourth-order valence-corrected chi connectivity index (χ4v) is 3.41. The van der Waals surface area contributed by atoms with Crippen LogP contribution in [0.1, 0.15) is 21.5 Å². The molecule has 1 amide bonds. The summed E-state index contributed by atoms with van der Waals surface area (Å²) in [6.07, 6.45) is 1.13. The lowest BCUT2D eigenvalue weighted by Crippen LogP contribution is -2.14. The highest BCUT2D eigenvalue weighted by Crippen LogP contribution is 2.22. The van der Waals surface area contributed by atoms with E-state index in [9.17, 15) is 13.2 Å². The molecule has 3 rings (SSSR count). The molecule has 5 nitrogen and oxygen atoms in total. The molecule has 0 saturated carbocycles. The Labute approximate surface area is 164 Å². The Morgan fingerprint density at radius 3 is 2.46 bits per heavy atom.